The third kappa shape index (κ3) is 3.51. The molecule has 1 atom stereocenters. The lowest BCUT2D eigenvalue weighted by Gasteiger charge is -2.28. The Morgan fingerprint density at radius 1 is 1.20 bits per heavy atom. The van der Waals surface area contributed by atoms with Crippen molar-refractivity contribution in [3.63, 3.8) is 0 Å². The van der Waals surface area contributed by atoms with Gasteiger partial charge in [-0.2, -0.15) is 0 Å². The van der Waals surface area contributed by atoms with Crippen LogP contribution in [-0.2, 0) is 4.79 Å². The van der Waals surface area contributed by atoms with Crippen molar-refractivity contribution in [3.8, 4) is 0 Å². The lowest BCUT2D eigenvalue weighted by molar-refractivity contribution is -0.141. The van der Waals surface area contributed by atoms with Crippen LogP contribution in [0.25, 0.3) is 0 Å². The van der Waals surface area contributed by atoms with Crippen LogP contribution in [0.4, 0.5) is 0 Å². The number of benzene rings is 1. The Balaban J connectivity index is 2.10. The lowest BCUT2D eigenvalue weighted by atomic mass is 9.84. The first kappa shape index (κ1) is 14.9. The molecule has 0 unspecified atom stereocenters. The molecule has 0 aliphatic heterocycles. The molecule has 1 aliphatic carbocycles. The molecule has 0 bridgehead atoms. The standard InChI is InChI=1S/C15H18ClNO3/c16-12-9-5-4-8-11(12)14(18)17-13(15(19)20)10-6-2-1-3-7-10/h4-5,8-10,13H,1-3,6-7H2,(H,17,18)(H,19,20)/t13-/m1/s1. The summed E-state index contributed by atoms with van der Waals surface area (Å²) in [6.45, 7) is 0. The van der Waals surface area contributed by atoms with Crippen molar-refractivity contribution in [2.75, 3.05) is 0 Å². The molecule has 0 aromatic heterocycles. The Kier molecular flexibility index (Phi) is 5.01. The Morgan fingerprint density at radius 3 is 2.45 bits per heavy atom. The zero-order chi connectivity index (χ0) is 14.5. The average Bonchev–Trinajstić information content (AvgIpc) is 2.45. The summed E-state index contributed by atoms with van der Waals surface area (Å²) in [6.07, 6.45) is 4.88. The zero-order valence-electron chi connectivity index (χ0n) is 11.1. The van der Waals surface area contributed by atoms with Crippen molar-refractivity contribution in [1.82, 2.24) is 5.32 Å². The van der Waals surface area contributed by atoms with Crippen LogP contribution < -0.4 is 5.32 Å². The minimum Gasteiger partial charge on any atom is -0.480 e. The fourth-order valence-electron chi connectivity index (χ4n) is 2.71. The van der Waals surface area contributed by atoms with Gasteiger partial charge in [0.15, 0.2) is 0 Å². The van der Waals surface area contributed by atoms with E-state index >= 15 is 0 Å². The summed E-state index contributed by atoms with van der Waals surface area (Å²) >= 11 is 5.96. The molecule has 0 saturated heterocycles. The van der Waals surface area contributed by atoms with Crippen LogP contribution in [0.1, 0.15) is 42.5 Å². The number of nitrogens with one attached hydrogen (secondary N) is 1. The van der Waals surface area contributed by atoms with Gasteiger partial charge < -0.3 is 10.4 Å². The summed E-state index contributed by atoms with van der Waals surface area (Å²) < 4.78 is 0. The van der Waals surface area contributed by atoms with E-state index in [0.29, 0.717) is 10.6 Å². The summed E-state index contributed by atoms with van der Waals surface area (Å²) in [5.41, 5.74) is 0.316. The third-order valence-corrected chi connectivity index (χ3v) is 4.12. The molecule has 20 heavy (non-hydrogen) atoms. The van der Waals surface area contributed by atoms with Gasteiger partial charge in [0.1, 0.15) is 6.04 Å². The molecule has 0 heterocycles. The summed E-state index contributed by atoms with van der Waals surface area (Å²) in [7, 11) is 0. The van der Waals surface area contributed by atoms with Crippen molar-refractivity contribution >= 4 is 23.5 Å². The summed E-state index contributed by atoms with van der Waals surface area (Å²) in [6, 6.07) is 5.82. The molecule has 108 valence electrons. The van der Waals surface area contributed by atoms with Gasteiger partial charge in [-0.05, 0) is 30.9 Å². The second-order valence-corrected chi connectivity index (χ2v) is 5.57. The SMILES string of the molecule is O=C(N[C@@H](C(=O)O)C1CCCCC1)c1ccccc1Cl. The van der Waals surface area contributed by atoms with E-state index in [1.807, 2.05) is 0 Å². The van der Waals surface area contributed by atoms with Gasteiger partial charge >= 0.3 is 5.97 Å². The molecule has 1 saturated carbocycles. The quantitative estimate of drug-likeness (QED) is 0.897. The van der Waals surface area contributed by atoms with Crippen molar-refractivity contribution in [2.24, 2.45) is 5.92 Å². The Bertz CT molecular complexity index is 498. The normalized spacial score (nSPS) is 17.4. The van der Waals surface area contributed by atoms with Crippen LogP contribution in [0.15, 0.2) is 24.3 Å². The topological polar surface area (TPSA) is 66.4 Å². The van der Waals surface area contributed by atoms with Gasteiger partial charge in [0.05, 0.1) is 10.6 Å². The predicted molar refractivity (Wildman–Crippen MR) is 76.9 cm³/mol. The molecule has 5 heteroatoms. The first-order chi connectivity index (χ1) is 9.59. The van der Waals surface area contributed by atoms with E-state index in [1.165, 1.54) is 0 Å². The van der Waals surface area contributed by atoms with Crippen LogP contribution >= 0.6 is 11.6 Å². The number of carboxylic acid groups (broad SMARTS) is 1. The number of halogens is 1. The third-order valence-electron chi connectivity index (χ3n) is 3.79. The van der Waals surface area contributed by atoms with Gasteiger partial charge in [0, 0.05) is 0 Å². The Hall–Kier alpha value is -1.55. The van der Waals surface area contributed by atoms with Crippen molar-refractivity contribution in [3.05, 3.63) is 34.9 Å². The Morgan fingerprint density at radius 2 is 1.85 bits per heavy atom. The van der Waals surface area contributed by atoms with Gasteiger partial charge in [-0.1, -0.05) is 43.0 Å². The van der Waals surface area contributed by atoms with Crippen molar-refractivity contribution < 1.29 is 14.7 Å². The first-order valence-corrected chi connectivity index (χ1v) is 7.25. The number of aliphatic carboxylic acids is 1. The number of carboxylic acids is 1. The van der Waals surface area contributed by atoms with Crippen molar-refractivity contribution in [1.29, 1.82) is 0 Å². The highest BCUT2D eigenvalue weighted by atomic mass is 35.5. The monoisotopic (exact) mass is 295 g/mol. The molecule has 2 N–H and O–H groups in total. The smallest absolute Gasteiger partial charge is 0.326 e. The second kappa shape index (κ2) is 6.75. The van der Waals surface area contributed by atoms with E-state index in [1.54, 1.807) is 24.3 Å². The number of carbonyl (C=O) groups excluding carboxylic acids is 1. The molecule has 1 fully saturated rings. The van der Waals surface area contributed by atoms with Gasteiger partial charge in [0.25, 0.3) is 5.91 Å². The highest BCUT2D eigenvalue weighted by Crippen LogP contribution is 2.27. The van der Waals surface area contributed by atoms with Crippen LogP contribution in [0, 0.1) is 5.92 Å². The fourth-order valence-corrected chi connectivity index (χ4v) is 2.93. The van der Waals surface area contributed by atoms with E-state index in [2.05, 4.69) is 5.32 Å². The number of rotatable bonds is 4. The fraction of sp³-hybridized carbons (Fsp3) is 0.467. The molecule has 2 rings (SSSR count). The van der Waals surface area contributed by atoms with Crippen LogP contribution in [-0.4, -0.2) is 23.0 Å². The van der Waals surface area contributed by atoms with Gasteiger partial charge in [0.2, 0.25) is 0 Å². The maximum absolute atomic E-state index is 12.2. The number of hydrogen-bond acceptors (Lipinski definition) is 2. The summed E-state index contributed by atoms with van der Waals surface area (Å²) in [4.78, 5) is 23.6. The molecular formula is C15H18ClNO3. The minimum absolute atomic E-state index is 0.00712. The molecule has 1 aromatic rings. The molecule has 1 aliphatic rings. The lowest BCUT2D eigenvalue weighted by Crippen LogP contribution is -2.46. The minimum atomic E-state index is -0.975. The van der Waals surface area contributed by atoms with Gasteiger partial charge in [-0.15, -0.1) is 0 Å². The van der Waals surface area contributed by atoms with E-state index in [4.69, 9.17) is 11.6 Å². The van der Waals surface area contributed by atoms with E-state index in [9.17, 15) is 14.7 Å². The van der Waals surface area contributed by atoms with Gasteiger partial charge in [-0.3, -0.25) is 4.79 Å². The second-order valence-electron chi connectivity index (χ2n) is 5.17. The van der Waals surface area contributed by atoms with E-state index in [-0.39, 0.29) is 5.92 Å². The molecular weight excluding hydrogens is 278 g/mol. The van der Waals surface area contributed by atoms with Crippen LogP contribution in [0.5, 0.6) is 0 Å². The summed E-state index contributed by atoms with van der Waals surface area (Å²) in [5, 5.41) is 12.3. The number of amides is 1. The maximum atomic E-state index is 12.2. The predicted octanol–water partition coefficient (Wildman–Crippen LogP) is 3.10. The highest BCUT2D eigenvalue weighted by Gasteiger charge is 2.31. The molecule has 1 aromatic carbocycles. The Labute approximate surface area is 123 Å². The molecule has 4 nitrogen and oxygen atoms in total. The number of carbonyl (C=O) groups is 2. The maximum Gasteiger partial charge on any atom is 0.326 e. The van der Waals surface area contributed by atoms with E-state index < -0.39 is 17.9 Å². The van der Waals surface area contributed by atoms with Crippen LogP contribution in [0.2, 0.25) is 5.02 Å². The highest BCUT2D eigenvalue weighted by molar-refractivity contribution is 6.33. The number of hydrogen-bond donors (Lipinski definition) is 2. The largest absolute Gasteiger partial charge is 0.480 e. The molecule has 0 spiro atoms. The van der Waals surface area contributed by atoms with Gasteiger partial charge in [-0.25, -0.2) is 4.79 Å². The first-order valence-electron chi connectivity index (χ1n) is 6.88. The zero-order valence-corrected chi connectivity index (χ0v) is 11.9. The molecule has 0 radical (unpaired) electrons. The average molecular weight is 296 g/mol. The molecule has 1 amide bonds. The van der Waals surface area contributed by atoms with E-state index in [0.717, 1.165) is 32.1 Å². The van der Waals surface area contributed by atoms with Crippen molar-refractivity contribution in [2.45, 2.75) is 38.1 Å². The summed E-state index contributed by atoms with van der Waals surface area (Å²) in [5.74, 6) is -1.39. The van der Waals surface area contributed by atoms with Crippen LogP contribution in [0.3, 0.4) is 0 Å².